The van der Waals surface area contributed by atoms with Crippen LogP contribution in [0.4, 0.5) is 10.7 Å². The van der Waals surface area contributed by atoms with Gasteiger partial charge in [0.1, 0.15) is 16.6 Å². The van der Waals surface area contributed by atoms with Crippen molar-refractivity contribution in [3.63, 3.8) is 0 Å². The minimum Gasteiger partial charge on any atom is -0.462 e. The number of hydrogen-bond donors (Lipinski definition) is 1. The molecule has 1 amide bonds. The molecule has 3 aromatic rings. The van der Waals surface area contributed by atoms with Crippen LogP contribution in [0.3, 0.4) is 0 Å². The Labute approximate surface area is 228 Å². The van der Waals surface area contributed by atoms with Gasteiger partial charge in [-0.1, -0.05) is 35.5 Å². The second-order valence-corrected chi connectivity index (χ2v) is 10.9. The highest BCUT2D eigenvalue weighted by Crippen LogP contribution is 2.39. The largest absolute Gasteiger partial charge is 0.462 e. The van der Waals surface area contributed by atoms with Gasteiger partial charge < -0.3 is 10.1 Å². The topological polar surface area (TPSA) is 122 Å². The summed E-state index contributed by atoms with van der Waals surface area (Å²) in [7, 11) is 0. The van der Waals surface area contributed by atoms with Crippen LogP contribution in [0.5, 0.6) is 0 Å². The summed E-state index contributed by atoms with van der Waals surface area (Å²) in [6, 6.07) is 14.1. The lowest BCUT2D eigenvalue weighted by Gasteiger charge is -2.12. The zero-order valence-corrected chi connectivity index (χ0v) is 22.5. The van der Waals surface area contributed by atoms with Gasteiger partial charge in [-0.05, 0) is 74.9 Å². The molecule has 0 radical (unpaired) electrons. The molecule has 10 heteroatoms. The van der Waals surface area contributed by atoms with Crippen LogP contribution in [0.2, 0.25) is 0 Å². The van der Waals surface area contributed by atoms with E-state index in [4.69, 9.17) is 4.74 Å². The molecular weight excluding hydrogens is 522 g/mol. The predicted molar refractivity (Wildman–Crippen MR) is 148 cm³/mol. The third-order valence-corrected chi connectivity index (χ3v) is 8.26. The molecule has 0 atom stereocenters. The number of carbonyl (C=O) groups excluding carboxylic acids is 2. The molecule has 0 fully saturated rings. The molecule has 0 spiro atoms. The molecule has 4 rings (SSSR count). The van der Waals surface area contributed by atoms with Gasteiger partial charge in [0.25, 0.3) is 11.6 Å². The Hall–Kier alpha value is -3.94. The van der Waals surface area contributed by atoms with Crippen molar-refractivity contribution in [2.45, 2.75) is 49.3 Å². The Morgan fingerprint density at radius 3 is 2.63 bits per heavy atom. The second-order valence-electron chi connectivity index (χ2n) is 8.66. The first-order valence-electron chi connectivity index (χ1n) is 12.1. The highest BCUT2D eigenvalue weighted by atomic mass is 32.2. The molecule has 38 heavy (non-hydrogen) atoms. The number of carbonyl (C=O) groups is 2. The van der Waals surface area contributed by atoms with Crippen molar-refractivity contribution in [1.82, 2.24) is 0 Å². The van der Waals surface area contributed by atoms with Gasteiger partial charge in [0.15, 0.2) is 0 Å². The third kappa shape index (κ3) is 6.13. The van der Waals surface area contributed by atoms with Gasteiger partial charge in [0.05, 0.1) is 22.0 Å². The lowest BCUT2D eigenvalue weighted by molar-refractivity contribution is -0.387. The van der Waals surface area contributed by atoms with E-state index in [1.165, 1.54) is 35.2 Å². The average Bonchev–Trinajstić information content (AvgIpc) is 3.27. The number of nitrogens with one attached hydrogen (secondary N) is 1. The number of ether oxygens (including phenoxy) is 1. The van der Waals surface area contributed by atoms with E-state index < -0.39 is 16.8 Å². The van der Waals surface area contributed by atoms with Crippen LogP contribution in [-0.4, -0.2) is 23.4 Å². The maximum Gasteiger partial charge on any atom is 0.341 e. The summed E-state index contributed by atoms with van der Waals surface area (Å²) in [6.45, 7) is 3.89. The predicted octanol–water partition coefficient (Wildman–Crippen LogP) is 6.72. The summed E-state index contributed by atoms with van der Waals surface area (Å²) in [4.78, 5) is 39.4. The van der Waals surface area contributed by atoms with Gasteiger partial charge in [-0.15, -0.1) is 11.3 Å². The normalized spacial score (nSPS) is 12.8. The summed E-state index contributed by atoms with van der Waals surface area (Å²) < 4.78 is 5.22. The third-order valence-electron chi connectivity index (χ3n) is 5.98. The SMILES string of the molecule is CCOC(=O)c1c(NC(=O)/C(C#N)=C\c2ccc(Sc3ccc(C)cc3)c([N+](=O)[O-])c2)sc2c1CCCC2. The van der Waals surface area contributed by atoms with Crippen molar-refractivity contribution >= 4 is 51.7 Å². The Balaban J connectivity index is 1.61. The quantitative estimate of drug-likeness (QED) is 0.109. The summed E-state index contributed by atoms with van der Waals surface area (Å²) in [5.74, 6) is -1.20. The van der Waals surface area contributed by atoms with Gasteiger partial charge in [-0.3, -0.25) is 14.9 Å². The summed E-state index contributed by atoms with van der Waals surface area (Å²) in [6.07, 6.45) is 4.81. The number of amides is 1. The van der Waals surface area contributed by atoms with E-state index in [1.54, 1.807) is 19.1 Å². The Morgan fingerprint density at radius 2 is 1.95 bits per heavy atom. The van der Waals surface area contributed by atoms with Gasteiger partial charge >= 0.3 is 5.97 Å². The lowest BCUT2D eigenvalue weighted by atomic mass is 9.95. The fraction of sp³-hybridized carbons (Fsp3) is 0.250. The van der Waals surface area contributed by atoms with E-state index >= 15 is 0 Å². The van der Waals surface area contributed by atoms with E-state index in [2.05, 4.69) is 5.32 Å². The minimum atomic E-state index is -0.697. The number of esters is 1. The number of fused-ring (bicyclic) bond motifs is 1. The van der Waals surface area contributed by atoms with E-state index in [9.17, 15) is 25.0 Å². The van der Waals surface area contributed by atoms with Crippen LogP contribution in [0, 0.1) is 28.4 Å². The standard InChI is InChI=1S/C28H25N3O5S2/c1-3-36-28(33)25-21-6-4-5-7-23(21)38-27(25)30-26(32)19(16-29)14-18-10-13-24(22(15-18)31(34)35)37-20-11-8-17(2)9-12-20/h8-15H,3-7H2,1-2H3,(H,30,32)/b19-14-. The Morgan fingerprint density at radius 1 is 1.21 bits per heavy atom. The van der Waals surface area contributed by atoms with Crippen LogP contribution in [0.1, 0.15) is 51.7 Å². The molecule has 1 heterocycles. The molecule has 0 saturated heterocycles. The maximum absolute atomic E-state index is 13.1. The summed E-state index contributed by atoms with van der Waals surface area (Å²) in [5, 5.41) is 24.6. The summed E-state index contributed by atoms with van der Waals surface area (Å²) in [5.41, 5.74) is 2.31. The second kappa shape index (κ2) is 12.1. The van der Waals surface area contributed by atoms with Crippen molar-refractivity contribution in [3.8, 4) is 6.07 Å². The zero-order valence-electron chi connectivity index (χ0n) is 20.9. The number of nitriles is 1. The van der Waals surface area contributed by atoms with Crippen molar-refractivity contribution in [3.05, 3.63) is 85.3 Å². The number of rotatable bonds is 8. The number of nitro groups is 1. The molecule has 0 saturated carbocycles. The molecule has 1 N–H and O–H groups in total. The minimum absolute atomic E-state index is 0.127. The molecule has 0 unspecified atom stereocenters. The van der Waals surface area contributed by atoms with Crippen molar-refractivity contribution in [2.75, 3.05) is 11.9 Å². The first kappa shape index (κ1) is 27.1. The van der Waals surface area contributed by atoms with Crippen LogP contribution in [-0.2, 0) is 22.4 Å². The Kier molecular flexibility index (Phi) is 8.61. The molecule has 0 bridgehead atoms. The van der Waals surface area contributed by atoms with E-state index in [0.717, 1.165) is 46.6 Å². The van der Waals surface area contributed by atoms with Crippen molar-refractivity contribution in [2.24, 2.45) is 0 Å². The van der Waals surface area contributed by atoms with Gasteiger partial charge in [-0.2, -0.15) is 5.26 Å². The molecule has 8 nitrogen and oxygen atoms in total. The molecule has 1 aliphatic carbocycles. The molecule has 194 valence electrons. The molecular formula is C28H25N3O5S2. The zero-order chi connectivity index (χ0) is 27.2. The number of aryl methyl sites for hydroxylation is 2. The number of hydrogen-bond acceptors (Lipinski definition) is 8. The van der Waals surface area contributed by atoms with Gasteiger partial charge in [0, 0.05) is 15.8 Å². The van der Waals surface area contributed by atoms with E-state index in [-0.39, 0.29) is 17.9 Å². The van der Waals surface area contributed by atoms with Gasteiger partial charge in [0.2, 0.25) is 0 Å². The number of anilines is 1. The van der Waals surface area contributed by atoms with E-state index in [1.807, 2.05) is 37.3 Å². The van der Waals surface area contributed by atoms with Crippen LogP contribution < -0.4 is 5.32 Å². The summed E-state index contributed by atoms with van der Waals surface area (Å²) >= 11 is 2.59. The number of nitrogens with zero attached hydrogens (tertiary/aromatic N) is 2. The van der Waals surface area contributed by atoms with E-state index in [0.29, 0.717) is 21.0 Å². The molecule has 1 aliphatic rings. The Bertz CT molecular complexity index is 1470. The number of thiophene rings is 1. The smallest absolute Gasteiger partial charge is 0.341 e. The first-order valence-corrected chi connectivity index (χ1v) is 13.7. The number of benzene rings is 2. The first-order chi connectivity index (χ1) is 18.3. The number of nitro benzene ring substituents is 1. The average molecular weight is 548 g/mol. The highest BCUT2D eigenvalue weighted by Gasteiger charge is 2.28. The fourth-order valence-electron chi connectivity index (χ4n) is 4.15. The molecule has 1 aromatic heterocycles. The lowest BCUT2D eigenvalue weighted by Crippen LogP contribution is -2.16. The van der Waals surface area contributed by atoms with Crippen molar-refractivity contribution in [1.29, 1.82) is 5.26 Å². The monoisotopic (exact) mass is 547 g/mol. The van der Waals surface area contributed by atoms with Crippen LogP contribution in [0.25, 0.3) is 6.08 Å². The van der Waals surface area contributed by atoms with Gasteiger partial charge in [-0.25, -0.2) is 4.79 Å². The van der Waals surface area contributed by atoms with Crippen LogP contribution in [0.15, 0.2) is 57.8 Å². The highest BCUT2D eigenvalue weighted by molar-refractivity contribution is 7.99. The molecule has 0 aliphatic heterocycles. The maximum atomic E-state index is 13.1. The fourth-order valence-corrected chi connectivity index (χ4v) is 6.32. The van der Waals surface area contributed by atoms with Crippen molar-refractivity contribution < 1.29 is 19.2 Å². The molecule has 2 aromatic carbocycles. The van der Waals surface area contributed by atoms with Crippen LogP contribution >= 0.6 is 23.1 Å².